The van der Waals surface area contributed by atoms with Crippen LogP contribution in [0.2, 0.25) is 0 Å². The summed E-state index contributed by atoms with van der Waals surface area (Å²) in [7, 11) is 0. The Morgan fingerprint density at radius 3 is 2.74 bits per heavy atom. The summed E-state index contributed by atoms with van der Waals surface area (Å²) in [5.74, 6) is -3.89. The van der Waals surface area contributed by atoms with Crippen molar-refractivity contribution in [1.82, 2.24) is 15.6 Å². The van der Waals surface area contributed by atoms with Crippen LogP contribution in [0.1, 0.15) is 30.1 Å². The molecule has 0 aliphatic carbocycles. The predicted octanol–water partition coefficient (Wildman–Crippen LogP) is 3.53. The fourth-order valence-corrected chi connectivity index (χ4v) is 2.95. The topological polar surface area (TPSA) is 63.2 Å². The van der Waals surface area contributed by atoms with Crippen molar-refractivity contribution in [2.75, 3.05) is 13.2 Å². The van der Waals surface area contributed by atoms with Crippen LogP contribution in [-0.4, -0.2) is 30.2 Å². The van der Waals surface area contributed by atoms with Crippen molar-refractivity contribution >= 4 is 6.03 Å². The van der Waals surface area contributed by atoms with Gasteiger partial charge in [-0.1, -0.05) is 18.2 Å². The number of ether oxygens (including phenoxy) is 1. The van der Waals surface area contributed by atoms with Gasteiger partial charge in [-0.2, -0.15) is 8.78 Å². The molecule has 2 aromatic rings. The maximum absolute atomic E-state index is 14.1. The van der Waals surface area contributed by atoms with Crippen molar-refractivity contribution in [3.63, 3.8) is 0 Å². The number of pyridine rings is 1. The number of hydrogen-bond donors (Lipinski definition) is 2. The largest absolute Gasteiger partial charge is 0.373 e. The lowest BCUT2D eigenvalue weighted by Crippen LogP contribution is -2.47. The van der Waals surface area contributed by atoms with Gasteiger partial charge < -0.3 is 15.4 Å². The van der Waals surface area contributed by atoms with Crippen LogP contribution >= 0.6 is 0 Å². The molecule has 1 aliphatic rings. The molecule has 3 rings (SSSR count). The first kappa shape index (κ1) is 19.2. The van der Waals surface area contributed by atoms with Gasteiger partial charge in [-0.3, -0.25) is 4.98 Å². The zero-order chi connectivity index (χ0) is 19.3. The standard InChI is InChI=1S/C19H20F3N3O2/c20-15-5-3-14(4-6-15)19(21,22)12-24-18(26)25-16-7-9-27-17(10-16)13-2-1-8-23-11-13/h1-6,8,11,16-17H,7,9-10,12H2,(H2,24,25,26)/t16-,17-/m1/s1. The minimum Gasteiger partial charge on any atom is -0.373 e. The minimum absolute atomic E-state index is 0.191. The Kier molecular flexibility index (Phi) is 5.95. The molecule has 1 aromatic heterocycles. The number of nitrogens with zero attached hydrogens (tertiary/aromatic N) is 1. The molecule has 0 saturated carbocycles. The average molecular weight is 379 g/mol. The lowest BCUT2D eigenvalue weighted by Gasteiger charge is -2.30. The van der Waals surface area contributed by atoms with Gasteiger partial charge in [0.05, 0.1) is 12.6 Å². The van der Waals surface area contributed by atoms with Crippen molar-refractivity contribution in [3.8, 4) is 0 Å². The van der Waals surface area contributed by atoms with Gasteiger partial charge in [0, 0.05) is 30.6 Å². The molecule has 0 radical (unpaired) electrons. The van der Waals surface area contributed by atoms with Gasteiger partial charge >= 0.3 is 6.03 Å². The molecule has 1 fully saturated rings. The van der Waals surface area contributed by atoms with E-state index in [2.05, 4.69) is 15.6 Å². The number of nitrogens with one attached hydrogen (secondary N) is 2. The third-order valence-corrected chi connectivity index (χ3v) is 4.41. The van der Waals surface area contributed by atoms with Crippen LogP contribution in [0, 0.1) is 5.82 Å². The summed E-state index contributed by atoms with van der Waals surface area (Å²) < 4.78 is 46.8. The smallest absolute Gasteiger partial charge is 0.315 e. The van der Waals surface area contributed by atoms with E-state index in [0.29, 0.717) is 19.4 Å². The van der Waals surface area contributed by atoms with E-state index < -0.39 is 24.3 Å². The Hall–Kier alpha value is -2.61. The first-order chi connectivity index (χ1) is 12.9. The molecule has 1 saturated heterocycles. The number of alkyl halides is 2. The van der Waals surface area contributed by atoms with E-state index in [1.54, 1.807) is 18.5 Å². The maximum atomic E-state index is 14.1. The molecule has 2 amide bonds. The number of carbonyl (C=O) groups is 1. The predicted molar refractivity (Wildman–Crippen MR) is 92.8 cm³/mol. The number of rotatable bonds is 5. The molecule has 144 valence electrons. The van der Waals surface area contributed by atoms with E-state index in [0.717, 1.165) is 29.8 Å². The van der Waals surface area contributed by atoms with E-state index in [9.17, 15) is 18.0 Å². The first-order valence-corrected chi connectivity index (χ1v) is 8.64. The number of halogens is 3. The SMILES string of the molecule is O=C(NCC(F)(F)c1ccc(F)cc1)N[C@@H]1CCO[C@@H](c2cccnc2)C1. The third-order valence-electron chi connectivity index (χ3n) is 4.41. The van der Waals surface area contributed by atoms with Crippen LogP contribution in [0.5, 0.6) is 0 Å². The Morgan fingerprint density at radius 2 is 2.04 bits per heavy atom. The first-order valence-electron chi connectivity index (χ1n) is 8.64. The molecule has 1 aliphatic heterocycles. The summed E-state index contributed by atoms with van der Waals surface area (Å²) in [4.78, 5) is 16.1. The molecule has 2 heterocycles. The van der Waals surface area contributed by atoms with Gasteiger partial charge in [0.1, 0.15) is 5.82 Å². The highest BCUT2D eigenvalue weighted by atomic mass is 19.3. The minimum atomic E-state index is -3.29. The summed E-state index contributed by atoms with van der Waals surface area (Å²) in [6.45, 7) is -0.421. The maximum Gasteiger partial charge on any atom is 0.315 e. The van der Waals surface area contributed by atoms with Gasteiger partial charge in [-0.25, -0.2) is 9.18 Å². The highest BCUT2D eigenvalue weighted by Crippen LogP contribution is 2.28. The normalized spacial score (nSPS) is 20.1. The summed E-state index contributed by atoms with van der Waals surface area (Å²) >= 11 is 0. The van der Waals surface area contributed by atoms with Crippen LogP contribution in [0.15, 0.2) is 48.8 Å². The second kappa shape index (κ2) is 8.39. The average Bonchev–Trinajstić information content (AvgIpc) is 2.68. The van der Waals surface area contributed by atoms with E-state index in [1.807, 2.05) is 6.07 Å². The lowest BCUT2D eigenvalue weighted by atomic mass is 9.99. The number of amides is 2. The molecule has 2 atom stereocenters. The fraction of sp³-hybridized carbons (Fsp3) is 0.368. The van der Waals surface area contributed by atoms with Crippen LogP contribution in [0.4, 0.5) is 18.0 Å². The molecule has 2 N–H and O–H groups in total. The summed E-state index contributed by atoms with van der Waals surface area (Å²) in [6.07, 6.45) is 4.30. The van der Waals surface area contributed by atoms with Gasteiger partial charge in [0.25, 0.3) is 5.92 Å². The molecule has 27 heavy (non-hydrogen) atoms. The van der Waals surface area contributed by atoms with Crippen molar-refractivity contribution < 1.29 is 22.7 Å². The van der Waals surface area contributed by atoms with E-state index in [-0.39, 0.29) is 17.7 Å². The Labute approximate surface area is 154 Å². The summed E-state index contributed by atoms with van der Waals surface area (Å²) in [5.41, 5.74) is 0.555. The van der Waals surface area contributed by atoms with E-state index in [4.69, 9.17) is 4.74 Å². The van der Waals surface area contributed by atoms with Gasteiger partial charge in [0.15, 0.2) is 0 Å². The molecule has 0 unspecified atom stereocenters. The van der Waals surface area contributed by atoms with E-state index >= 15 is 0 Å². The van der Waals surface area contributed by atoms with Crippen LogP contribution in [0.3, 0.4) is 0 Å². The molecule has 8 heteroatoms. The fourth-order valence-electron chi connectivity index (χ4n) is 2.95. The van der Waals surface area contributed by atoms with Crippen LogP contribution in [-0.2, 0) is 10.7 Å². The number of urea groups is 1. The van der Waals surface area contributed by atoms with E-state index in [1.165, 1.54) is 0 Å². The number of carbonyl (C=O) groups excluding carboxylic acids is 1. The van der Waals surface area contributed by atoms with Crippen LogP contribution in [0.25, 0.3) is 0 Å². The highest BCUT2D eigenvalue weighted by molar-refractivity contribution is 5.74. The molecule has 5 nitrogen and oxygen atoms in total. The quantitative estimate of drug-likeness (QED) is 0.835. The number of aromatic nitrogens is 1. The summed E-state index contributed by atoms with van der Waals surface area (Å²) in [5, 5.41) is 4.90. The van der Waals surface area contributed by atoms with Gasteiger partial charge in [-0.05, 0) is 36.6 Å². The Balaban J connectivity index is 1.50. The van der Waals surface area contributed by atoms with Crippen molar-refractivity contribution in [3.05, 3.63) is 65.7 Å². The zero-order valence-electron chi connectivity index (χ0n) is 14.5. The lowest BCUT2D eigenvalue weighted by molar-refractivity contribution is -0.00391. The van der Waals surface area contributed by atoms with Crippen LogP contribution < -0.4 is 10.6 Å². The molecule has 1 aromatic carbocycles. The van der Waals surface area contributed by atoms with Crippen molar-refractivity contribution in [2.24, 2.45) is 0 Å². The highest BCUT2D eigenvalue weighted by Gasteiger charge is 2.32. The number of hydrogen-bond acceptors (Lipinski definition) is 3. The molecular weight excluding hydrogens is 359 g/mol. The Bertz CT molecular complexity index is 757. The second-order valence-corrected chi connectivity index (χ2v) is 6.41. The van der Waals surface area contributed by atoms with Crippen molar-refractivity contribution in [1.29, 1.82) is 0 Å². The number of benzene rings is 1. The molecular formula is C19H20F3N3O2. The molecule has 0 bridgehead atoms. The zero-order valence-corrected chi connectivity index (χ0v) is 14.5. The monoisotopic (exact) mass is 379 g/mol. The second-order valence-electron chi connectivity index (χ2n) is 6.41. The summed E-state index contributed by atoms with van der Waals surface area (Å²) in [6, 6.07) is 6.77. The third kappa shape index (κ3) is 5.19. The molecule has 0 spiro atoms. The Morgan fingerprint density at radius 1 is 1.26 bits per heavy atom. The van der Waals surface area contributed by atoms with Crippen molar-refractivity contribution in [2.45, 2.75) is 30.9 Å². The van der Waals surface area contributed by atoms with Gasteiger partial charge in [-0.15, -0.1) is 0 Å². The van der Waals surface area contributed by atoms with Gasteiger partial charge in [0.2, 0.25) is 0 Å².